The van der Waals surface area contributed by atoms with Gasteiger partial charge in [0.25, 0.3) is 0 Å². The molecular formula is C14H19N. The van der Waals surface area contributed by atoms with Crippen molar-refractivity contribution in [2.24, 2.45) is 17.6 Å². The third-order valence-corrected chi connectivity index (χ3v) is 4.50. The van der Waals surface area contributed by atoms with E-state index in [0.717, 1.165) is 18.3 Å². The summed E-state index contributed by atoms with van der Waals surface area (Å²) in [6.07, 6.45) is 5.19. The van der Waals surface area contributed by atoms with Crippen molar-refractivity contribution in [1.82, 2.24) is 0 Å². The van der Waals surface area contributed by atoms with Crippen molar-refractivity contribution < 1.29 is 0 Å². The van der Waals surface area contributed by atoms with Crippen LogP contribution in [0.3, 0.4) is 0 Å². The monoisotopic (exact) mass is 201 g/mol. The SMILES string of the molecule is CCc1ccc(C2(N)C3CCCC32)cc1. The normalized spacial score (nSPS) is 37.7. The van der Waals surface area contributed by atoms with E-state index in [1.165, 1.54) is 30.4 Å². The summed E-state index contributed by atoms with van der Waals surface area (Å²) in [6, 6.07) is 8.96. The van der Waals surface area contributed by atoms with Crippen LogP contribution < -0.4 is 5.73 Å². The number of hydrogen-bond acceptors (Lipinski definition) is 1. The molecule has 0 bridgehead atoms. The summed E-state index contributed by atoms with van der Waals surface area (Å²) in [5.74, 6) is 1.56. The number of benzene rings is 1. The Balaban J connectivity index is 1.88. The van der Waals surface area contributed by atoms with Crippen LogP contribution in [-0.4, -0.2) is 0 Å². The summed E-state index contributed by atoms with van der Waals surface area (Å²) in [6.45, 7) is 2.19. The third kappa shape index (κ3) is 1.19. The van der Waals surface area contributed by atoms with Gasteiger partial charge in [-0.1, -0.05) is 37.6 Å². The highest BCUT2D eigenvalue weighted by molar-refractivity contribution is 5.37. The number of aryl methyl sites for hydroxylation is 1. The van der Waals surface area contributed by atoms with Gasteiger partial charge in [0.05, 0.1) is 0 Å². The van der Waals surface area contributed by atoms with Crippen LogP contribution in [0.15, 0.2) is 24.3 Å². The molecule has 2 unspecified atom stereocenters. The Morgan fingerprint density at radius 1 is 1.20 bits per heavy atom. The maximum atomic E-state index is 6.51. The van der Waals surface area contributed by atoms with Gasteiger partial charge in [0.1, 0.15) is 0 Å². The summed E-state index contributed by atoms with van der Waals surface area (Å²) in [5, 5.41) is 0. The van der Waals surface area contributed by atoms with E-state index in [2.05, 4.69) is 31.2 Å². The fraction of sp³-hybridized carbons (Fsp3) is 0.571. The molecule has 3 rings (SSSR count). The zero-order chi connectivity index (χ0) is 10.5. The minimum absolute atomic E-state index is 0.0462. The largest absolute Gasteiger partial charge is 0.321 e. The zero-order valence-electron chi connectivity index (χ0n) is 9.37. The van der Waals surface area contributed by atoms with Crippen LogP contribution in [0.1, 0.15) is 37.3 Å². The molecule has 0 aromatic heterocycles. The molecule has 1 aromatic rings. The van der Waals surface area contributed by atoms with Crippen molar-refractivity contribution >= 4 is 0 Å². The standard InChI is InChI=1S/C14H19N/c1-2-10-6-8-11(9-7-10)14(15)12-4-3-5-13(12)14/h6-9,12-13H,2-5,15H2,1H3. The minimum Gasteiger partial charge on any atom is -0.321 e. The van der Waals surface area contributed by atoms with Gasteiger partial charge in [0, 0.05) is 5.54 Å². The molecule has 0 aliphatic heterocycles. The predicted molar refractivity (Wildman–Crippen MR) is 62.5 cm³/mol. The molecule has 2 fully saturated rings. The van der Waals surface area contributed by atoms with Crippen molar-refractivity contribution in [3.05, 3.63) is 35.4 Å². The molecule has 0 saturated heterocycles. The Morgan fingerprint density at radius 3 is 2.33 bits per heavy atom. The van der Waals surface area contributed by atoms with Gasteiger partial charge in [-0.25, -0.2) is 0 Å². The van der Waals surface area contributed by atoms with Crippen LogP contribution >= 0.6 is 0 Å². The molecule has 80 valence electrons. The molecule has 0 radical (unpaired) electrons. The molecule has 1 heteroatoms. The smallest absolute Gasteiger partial charge is 0.0473 e. The first-order valence-electron chi connectivity index (χ1n) is 6.15. The molecule has 15 heavy (non-hydrogen) atoms. The lowest BCUT2D eigenvalue weighted by molar-refractivity contribution is 0.526. The molecular weight excluding hydrogens is 182 g/mol. The van der Waals surface area contributed by atoms with Crippen LogP contribution in [0.2, 0.25) is 0 Å². The average Bonchev–Trinajstić information content (AvgIpc) is 2.71. The van der Waals surface area contributed by atoms with Crippen LogP contribution in [0, 0.1) is 11.8 Å². The maximum absolute atomic E-state index is 6.51. The number of rotatable bonds is 2. The highest BCUT2D eigenvalue weighted by atomic mass is 14.9. The van der Waals surface area contributed by atoms with Crippen LogP contribution in [-0.2, 0) is 12.0 Å². The van der Waals surface area contributed by atoms with Crippen LogP contribution in [0.4, 0.5) is 0 Å². The maximum Gasteiger partial charge on any atom is 0.0473 e. The van der Waals surface area contributed by atoms with Gasteiger partial charge in [0.2, 0.25) is 0 Å². The lowest BCUT2D eigenvalue weighted by Gasteiger charge is -2.16. The van der Waals surface area contributed by atoms with E-state index in [4.69, 9.17) is 5.73 Å². The Morgan fingerprint density at radius 2 is 1.80 bits per heavy atom. The van der Waals surface area contributed by atoms with Crippen molar-refractivity contribution in [3.63, 3.8) is 0 Å². The molecule has 2 N–H and O–H groups in total. The first-order valence-corrected chi connectivity index (χ1v) is 6.15. The molecule has 0 spiro atoms. The Labute approximate surface area is 91.7 Å². The second kappa shape index (κ2) is 3.08. The number of fused-ring (bicyclic) bond motifs is 1. The topological polar surface area (TPSA) is 26.0 Å². The van der Waals surface area contributed by atoms with Gasteiger partial charge in [0.15, 0.2) is 0 Å². The quantitative estimate of drug-likeness (QED) is 0.782. The van der Waals surface area contributed by atoms with Gasteiger partial charge >= 0.3 is 0 Å². The number of hydrogen-bond donors (Lipinski definition) is 1. The van der Waals surface area contributed by atoms with E-state index in [9.17, 15) is 0 Å². The zero-order valence-corrected chi connectivity index (χ0v) is 9.37. The summed E-state index contributed by atoms with van der Waals surface area (Å²) in [5.41, 5.74) is 9.34. The Hall–Kier alpha value is -0.820. The molecule has 1 nitrogen and oxygen atoms in total. The van der Waals surface area contributed by atoms with Gasteiger partial charge in [-0.2, -0.15) is 0 Å². The highest BCUT2D eigenvalue weighted by Crippen LogP contribution is 2.64. The van der Waals surface area contributed by atoms with Gasteiger partial charge in [-0.05, 0) is 42.2 Å². The second-order valence-corrected chi connectivity index (χ2v) is 5.13. The minimum atomic E-state index is 0.0462. The lowest BCUT2D eigenvalue weighted by Crippen LogP contribution is -2.25. The molecule has 2 aliphatic carbocycles. The van der Waals surface area contributed by atoms with Crippen molar-refractivity contribution in [2.75, 3.05) is 0 Å². The molecule has 0 amide bonds. The summed E-state index contributed by atoms with van der Waals surface area (Å²) in [7, 11) is 0. The predicted octanol–water partition coefficient (Wildman–Crippen LogP) is 2.83. The van der Waals surface area contributed by atoms with Crippen LogP contribution in [0.25, 0.3) is 0 Å². The van der Waals surface area contributed by atoms with E-state index < -0.39 is 0 Å². The first kappa shape index (κ1) is 9.41. The highest BCUT2D eigenvalue weighted by Gasteiger charge is 2.64. The fourth-order valence-electron chi connectivity index (χ4n) is 3.46. The molecule has 0 heterocycles. The van der Waals surface area contributed by atoms with Crippen molar-refractivity contribution in [2.45, 2.75) is 38.1 Å². The van der Waals surface area contributed by atoms with Crippen molar-refractivity contribution in [3.8, 4) is 0 Å². The second-order valence-electron chi connectivity index (χ2n) is 5.13. The van der Waals surface area contributed by atoms with E-state index in [1.54, 1.807) is 0 Å². The molecule has 1 aromatic carbocycles. The van der Waals surface area contributed by atoms with E-state index in [1.807, 2.05) is 0 Å². The van der Waals surface area contributed by atoms with Gasteiger partial charge in [-0.3, -0.25) is 0 Å². The summed E-state index contributed by atoms with van der Waals surface area (Å²) < 4.78 is 0. The van der Waals surface area contributed by atoms with E-state index in [-0.39, 0.29) is 5.54 Å². The summed E-state index contributed by atoms with van der Waals surface area (Å²) >= 11 is 0. The summed E-state index contributed by atoms with van der Waals surface area (Å²) in [4.78, 5) is 0. The molecule has 2 atom stereocenters. The van der Waals surface area contributed by atoms with Gasteiger partial charge in [-0.15, -0.1) is 0 Å². The van der Waals surface area contributed by atoms with Crippen molar-refractivity contribution in [1.29, 1.82) is 0 Å². The third-order valence-electron chi connectivity index (χ3n) is 4.50. The lowest BCUT2D eigenvalue weighted by atomic mass is 9.96. The molecule has 2 saturated carbocycles. The Bertz CT molecular complexity index is 355. The fourth-order valence-corrected chi connectivity index (χ4v) is 3.46. The van der Waals surface area contributed by atoms with E-state index >= 15 is 0 Å². The number of nitrogens with two attached hydrogens (primary N) is 1. The van der Waals surface area contributed by atoms with Gasteiger partial charge < -0.3 is 5.73 Å². The van der Waals surface area contributed by atoms with Crippen LogP contribution in [0.5, 0.6) is 0 Å². The average molecular weight is 201 g/mol. The Kier molecular flexibility index (Phi) is 1.93. The molecule has 2 aliphatic rings. The van der Waals surface area contributed by atoms with E-state index in [0.29, 0.717) is 0 Å². The first-order chi connectivity index (χ1) is 7.26.